The van der Waals surface area contributed by atoms with Crippen LogP contribution in [0.15, 0.2) is 42.5 Å². The van der Waals surface area contributed by atoms with Crippen LogP contribution in [-0.2, 0) is 26.3 Å². The molecule has 1 aliphatic rings. The molecule has 4 rings (SSSR count). The summed E-state index contributed by atoms with van der Waals surface area (Å²) in [5.41, 5.74) is 4.86. The maximum Gasteiger partial charge on any atom is 0.123 e. The van der Waals surface area contributed by atoms with Gasteiger partial charge >= 0.3 is 0 Å². The van der Waals surface area contributed by atoms with Gasteiger partial charge in [-0.3, -0.25) is 0 Å². The van der Waals surface area contributed by atoms with Crippen LogP contribution in [0, 0.1) is 11.7 Å². The van der Waals surface area contributed by atoms with Crippen molar-refractivity contribution in [2.24, 2.45) is 13.0 Å². The first-order valence-corrected chi connectivity index (χ1v) is 10.5. The van der Waals surface area contributed by atoms with Crippen LogP contribution in [0.25, 0.3) is 11.0 Å². The SMILES string of the molecule is CN(CCCc1nc2ccccc2n1C)CC[C@H]1CCc2cc(F)ccc2C1. The van der Waals surface area contributed by atoms with E-state index in [1.54, 1.807) is 12.1 Å². The van der Waals surface area contributed by atoms with Gasteiger partial charge in [0.15, 0.2) is 0 Å². The van der Waals surface area contributed by atoms with Gasteiger partial charge in [0, 0.05) is 13.5 Å². The number of nitrogens with zero attached hydrogens (tertiary/aromatic N) is 3. The lowest BCUT2D eigenvalue weighted by Gasteiger charge is -2.26. The molecule has 3 aromatic rings. The second-order valence-electron chi connectivity index (χ2n) is 8.29. The first kappa shape index (κ1) is 19.1. The van der Waals surface area contributed by atoms with Crippen LogP contribution in [-0.4, -0.2) is 34.6 Å². The Morgan fingerprint density at radius 1 is 1.14 bits per heavy atom. The van der Waals surface area contributed by atoms with Crippen molar-refractivity contribution in [3.63, 3.8) is 0 Å². The quantitative estimate of drug-likeness (QED) is 0.589. The van der Waals surface area contributed by atoms with Crippen LogP contribution in [0.5, 0.6) is 0 Å². The first-order chi connectivity index (χ1) is 13.6. The molecule has 1 aromatic heterocycles. The van der Waals surface area contributed by atoms with E-state index in [-0.39, 0.29) is 5.82 Å². The molecule has 0 aliphatic heterocycles. The molecule has 0 spiro atoms. The van der Waals surface area contributed by atoms with Crippen molar-refractivity contribution in [2.45, 2.75) is 38.5 Å². The summed E-state index contributed by atoms with van der Waals surface area (Å²) in [5.74, 6) is 1.79. The van der Waals surface area contributed by atoms with Crippen molar-refractivity contribution < 1.29 is 4.39 Å². The molecule has 0 saturated heterocycles. The van der Waals surface area contributed by atoms with Crippen LogP contribution in [0.1, 0.15) is 36.2 Å². The number of fused-ring (bicyclic) bond motifs is 2. The van der Waals surface area contributed by atoms with Gasteiger partial charge in [-0.25, -0.2) is 9.37 Å². The number of aromatic nitrogens is 2. The van der Waals surface area contributed by atoms with Gasteiger partial charge in [0.1, 0.15) is 11.6 Å². The number of hydrogen-bond donors (Lipinski definition) is 0. The minimum absolute atomic E-state index is 0.0995. The topological polar surface area (TPSA) is 21.1 Å². The number of para-hydroxylation sites is 2. The Labute approximate surface area is 167 Å². The molecule has 0 fully saturated rings. The van der Waals surface area contributed by atoms with Crippen LogP contribution in [0.4, 0.5) is 4.39 Å². The Morgan fingerprint density at radius 3 is 2.86 bits per heavy atom. The van der Waals surface area contributed by atoms with Gasteiger partial charge in [-0.1, -0.05) is 18.2 Å². The smallest absolute Gasteiger partial charge is 0.123 e. The highest BCUT2D eigenvalue weighted by molar-refractivity contribution is 5.75. The predicted octanol–water partition coefficient (Wildman–Crippen LogP) is 4.77. The summed E-state index contributed by atoms with van der Waals surface area (Å²) in [6.07, 6.45) is 6.67. The van der Waals surface area contributed by atoms with E-state index in [2.05, 4.69) is 41.8 Å². The molecular weight excluding hydrogens is 349 g/mol. The van der Waals surface area contributed by atoms with Crippen LogP contribution >= 0.6 is 0 Å². The summed E-state index contributed by atoms with van der Waals surface area (Å²) < 4.78 is 15.6. The van der Waals surface area contributed by atoms with E-state index in [9.17, 15) is 4.39 Å². The summed E-state index contributed by atoms with van der Waals surface area (Å²) in [4.78, 5) is 7.22. The molecule has 0 unspecified atom stereocenters. The van der Waals surface area contributed by atoms with E-state index >= 15 is 0 Å². The summed E-state index contributed by atoms with van der Waals surface area (Å²) in [6.45, 7) is 2.22. The highest BCUT2D eigenvalue weighted by Crippen LogP contribution is 2.28. The fourth-order valence-electron chi connectivity index (χ4n) is 4.49. The molecule has 1 aliphatic carbocycles. The molecule has 0 amide bonds. The molecular formula is C24H30FN3. The Bertz CT molecular complexity index is 946. The summed E-state index contributed by atoms with van der Waals surface area (Å²) >= 11 is 0. The summed E-state index contributed by atoms with van der Waals surface area (Å²) in [5, 5.41) is 0. The summed E-state index contributed by atoms with van der Waals surface area (Å²) in [6, 6.07) is 13.6. The lowest BCUT2D eigenvalue weighted by molar-refractivity contribution is 0.285. The second-order valence-corrected chi connectivity index (χ2v) is 8.29. The zero-order valence-corrected chi connectivity index (χ0v) is 17.0. The molecule has 28 heavy (non-hydrogen) atoms. The van der Waals surface area contributed by atoms with Gasteiger partial charge in [0.2, 0.25) is 0 Å². The standard InChI is InChI=1S/C24H30FN3/c1-27(14-5-8-24-26-22-6-3-4-7-23(22)28(24)2)15-13-18-9-10-20-17-21(25)12-11-19(20)16-18/h3-4,6-7,11-12,17-18H,5,8-10,13-16H2,1-2H3/t18-/m1/s1. The molecule has 4 heteroatoms. The average Bonchev–Trinajstić information content (AvgIpc) is 3.02. The van der Waals surface area contributed by atoms with Crippen molar-refractivity contribution in [2.75, 3.05) is 20.1 Å². The zero-order chi connectivity index (χ0) is 19.5. The molecule has 0 bridgehead atoms. The summed E-state index contributed by atoms with van der Waals surface area (Å²) in [7, 11) is 4.34. The van der Waals surface area contributed by atoms with Crippen molar-refractivity contribution in [3.8, 4) is 0 Å². The molecule has 0 N–H and O–H groups in total. The van der Waals surface area contributed by atoms with Gasteiger partial charge in [0.05, 0.1) is 11.0 Å². The predicted molar refractivity (Wildman–Crippen MR) is 113 cm³/mol. The molecule has 3 nitrogen and oxygen atoms in total. The van der Waals surface area contributed by atoms with E-state index in [0.29, 0.717) is 0 Å². The highest BCUT2D eigenvalue weighted by Gasteiger charge is 2.19. The minimum atomic E-state index is -0.0995. The van der Waals surface area contributed by atoms with Crippen molar-refractivity contribution >= 4 is 11.0 Å². The van der Waals surface area contributed by atoms with Gasteiger partial charge in [-0.15, -0.1) is 0 Å². The maximum atomic E-state index is 13.4. The second kappa shape index (κ2) is 8.44. The molecule has 2 aromatic carbocycles. The van der Waals surface area contributed by atoms with Gasteiger partial charge in [0.25, 0.3) is 0 Å². The largest absolute Gasteiger partial charge is 0.331 e. The fourth-order valence-corrected chi connectivity index (χ4v) is 4.49. The van der Waals surface area contributed by atoms with Gasteiger partial charge in [-0.2, -0.15) is 0 Å². The third-order valence-electron chi connectivity index (χ3n) is 6.24. The van der Waals surface area contributed by atoms with Crippen molar-refractivity contribution in [3.05, 3.63) is 65.2 Å². The van der Waals surface area contributed by atoms with E-state index in [1.165, 1.54) is 35.3 Å². The van der Waals surface area contributed by atoms with Gasteiger partial charge < -0.3 is 9.47 Å². The van der Waals surface area contributed by atoms with Crippen LogP contribution in [0.2, 0.25) is 0 Å². The number of benzene rings is 2. The molecule has 1 atom stereocenters. The van der Waals surface area contributed by atoms with Crippen LogP contribution in [0.3, 0.4) is 0 Å². The maximum absolute atomic E-state index is 13.4. The number of imidazole rings is 1. The highest BCUT2D eigenvalue weighted by atomic mass is 19.1. The Kier molecular flexibility index (Phi) is 5.77. The van der Waals surface area contributed by atoms with Crippen molar-refractivity contribution in [1.29, 1.82) is 0 Å². The van der Waals surface area contributed by atoms with E-state index in [0.717, 1.165) is 50.2 Å². The Morgan fingerprint density at radius 2 is 2.00 bits per heavy atom. The monoisotopic (exact) mass is 379 g/mol. The molecule has 0 saturated carbocycles. The molecule has 1 heterocycles. The van der Waals surface area contributed by atoms with E-state index < -0.39 is 0 Å². The fraction of sp³-hybridized carbons (Fsp3) is 0.458. The molecule has 0 radical (unpaired) electrons. The third kappa shape index (κ3) is 4.27. The Hall–Kier alpha value is -2.20. The lowest BCUT2D eigenvalue weighted by Crippen LogP contribution is -2.25. The van der Waals surface area contributed by atoms with Crippen molar-refractivity contribution in [1.82, 2.24) is 14.5 Å². The van der Waals surface area contributed by atoms with Crippen LogP contribution < -0.4 is 0 Å². The van der Waals surface area contributed by atoms with E-state index in [1.807, 2.05) is 12.1 Å². The lowest BCUT2D eigenvalue weighted by atomic mass is 9.82. The first-order valence-electron chi connectivity index (χ1n) is 10.5. The third-order valence-corrected chi connectivity index (χ3v) is 6.24. The normalized spacial score (nSPS) is 16.6. The van der Waals surface area contributed by atoms with Gasteiger partial charge in [-0.05, 0) is 93.6 Å². The number of rotatable bonds is 7. The van der Waals surface area contributed by atoms with E-state index in [4.69, 9.17) is 4.98 Å². The number of hydrogen-bond acceptors (Lipinski definition) is 2. The average molecular weight is 380 g/mol. The Balaban J connectivity index is 1.22. The number of halogens is 1. The number of aryl methyl sites for hydroxylation is 3. The minimum Gasteiger partial charge on any atom is -0.331 e. The molecule has 148 valence electrons. The zero-order valence-electron chi connectivity index (χ0n) is 17.0.